The van der Waals surface area contributed by atoms with Crippen LogP contribution < -0.4 is 0 Å². The lowest BCUT2D eigenvalue weighted by Gasteiger charge is -2.36. The van der Waals surface area contributed by atoms with Crippen LogP contribution >= 0.6 is 0 Å². The minimum atomic E-state index is -0.119. The van der Waals surface area contributed by atoms with E-state index in [0.717, 1.165) is 48.0 Å². The molecule has 0 aliphatic heterocycles. The molecular formula is C26H24O2. The first-order valence-electron chi connectivity index (χ1n) is 10.9. The van der Waals surface area contributed by atoms with Crippen LogP contribution in [0.4, 0.5) is 0 Å². The zero-order valence-electron chi connectivity index (χ0n) is 15.9. The fourth-order valence-corrected chi connectivity index (χ4v) is 7.57. The lowest BCUT2D eigenvalue weighted by Crippen LogP contribution is -2.36. The van der Waals surface area contributed by atoms with Crippen molar-refractivity contribution in [1.29, 1.82) is 0 Å². The van der Waals surface area contributed by atoms with Gasteiger partial charge in [-0.25, -0.2) is 4.79 Å². The number of carbonyl (C=O) groups excluding carboxylic acids is 1. The molecule has 2 nitrogen and oxygen atoms in total. The third-order valence-electron chi connectivity index (χ3n) is 8.50. The van der Waals surface area contributed by atoms with E-state index < -0.39 is 0 Å². The molecule has 5 aliphatic carbocycles. The van der Waals surface area contributed by atoms with E-state index in [9.17, 15) is 4.79 Å². The monoisotopic (exact) mass is 368 g/mol. The fourth-order valence-electron chi connectivity index (χ4n) is 7.57. The Morgan fingerprint density at radius 2 is 1.68 bits per heavy atom. The number of rotatable bonds is 2. The minimum Gasteiger partial charge on any atom is -0.458 e. The smallest absolute Gasteiger partial charge is 0.338 e. The van der Waals surface area contributed by atoms with Gasteiger partial charge in [0.2, 0.25) is 0 Å². The summed E-state index contributed by atoms with van der Waals surface area (Å²) in [6.07, 6.45) is 9.69. The molecule has 3 saturated carbocycles. The second-order valence-electron chi connectivity index (χ2n) is 9.65. The van der Waals surface area contributed by atoms with Crippen molar-refractivity contribution in [2.45, 2.75) is 31.8 Å². The van der Waals surface area contributed by atoms with Crippen molar-refractivity contribution in [3.8, 4) is 11.1 Å². The third-order valence-corrected chi connectivity index (χ3v) is 8.50. The molecule has 7 unspecified atom stereocenters. The van der Waals surface area contributed by atoms with Gasteiger partial charge in [-0.3, -0.25) is 0 Å². The first-order valence-corrected chi connectivity index (χ1v) is 10.9. The van der Waals surface area contributed by atoms with Crippen molar-refractivity contribution in [3.63, 3.8) is 0 Å². The highest BCUT2D eigenvalue weighted by Crippen LogP contribution is 2.65. The van der Waals surface area contributed by atoms with Crippen molar-refractivity contribution in [3.05, 3.63) is 71.3 Å². The molecule has 0 aromatic heterocycles. The van der Waals surface area contributed by atoms with Gasteiger partial charge >= 0.3 is 5.97 Å². The molecular weight excluding hydrogens is 344 g/mol. The van der Waals surface area contributed by atoms with E-state index in [2.05, 4.69) is 48.6 Å². The second-order valence-corrected chi connectivity index (χ2v) is 9.65. The Hall–Kier alpha value is -2.35. The molecule has 2 heteroatoms. The van der Waals surface area contributed by atoms with E-state index in [4.69, 9.17) is 4.74 Å². The van der Waals surface area contributed by atoms with Crippen molar-refractivity contribution >= 4 is 5.97 Å². The van der Waals surface area contributed by atoms with Crippen LogP contribution in [0.15, 0.2) is 54.6 Å². The Morgan fingerprint density at radius 1 is 0.857 bits per heavy atom. The summed E-state index contributed by atoms with van der Waals surface area (Å²) in [6.45, 7) is 0. The Bertz CT molecular complexity index is 1030. The van der Waals surface area contributed by atoms with Gasteiger partial charge in [0.15, 0.2) is 0 Å². The summed E-state index contributed by atoms with van der Waals surface area (Å²) in [7, 11) is 0. The van der Waals surface area contributed by atoms with E-state index >= 15 is 0 Å². The molecule has 7 rings (SSSR count). The highest BCUT2D eigenvalue weighted by atomic mass is 16.5. The molecule has 3 fully saturated rings. The molecule has 0 N–H and O–H groups in total. The number of hydrogen-bond acceptors (Lipinski definition) is 2. The van der Waals surface area contributed by atoms with Gasteiger partial charge in [0.05, 0.1) is 5.56 Å². The molecule has 0 spiro atoms. The van der Waals surface area contributed by atoms with Crippen LogP contribution in [0.3, 0.4) is 0 Å². The number of fused-ring (bicyclic) bond motifs is 12. The zero-order chi connectivity index (χ0) is 18.4. The normalized spacial score (nSPS) is 37.8. The predicted octanol–water partition coefficient (Wildman–Crippen LogP) is 5.26. The predicted molar refractivity (Wildman–Crippen MR) is 108 cm³/mol. The van der Waals surface area contributed by atoms with Gasteiger partial charge in [-0.2, -0.15) is 0 Å². The van der Waals surface area contributed by atoms with Crippen molar-refractivity contribution in [1.82, 2.24) is 0 Å². The molecule has 5 aliphatic rings. The van der Waals surface area contributed by atoms with Crippen molar-refractivity contribution in [2.75, 3.05) is 0 Å². The summed E-state index contributed by atoms with van der Waals surface area (Å²) in [5.41, 5.74) is 5.90. The molecule has 0 heterocycles. The molecule has 2 aromatic rings. The summed E-state index contributed by atoms with van der Waals surface area (Å²) >= 11 is 0. The second kappa shape index (κ2) is 5.37. The average molecular weight is 368 g/mol. The Kier molecular flexibility index (Phi) is 2.99. The summed E-state index contributed by atoms with van der Waals surface area (Å²) < 4.78 is 6.12. The maximum Gasteiger partial charge on any atom is 0.338 e. The van der Waals surface area contributed by atoms with Gasteiger partial charge < -0.3 is 4.74 Å². The van der Waals surface area contributed by atoms with Crippen LogP contribution in [0.2, 0.25) is 0 Å². The first-order chi connectivity index (χ1) is 13.8. The van der Waals surface area contributed by atoms with E-state index in [1.165, 1.54) is 35.1 Å². The summed E-state index contributed by atoms with van der Waals surface area (Å²) in [6, 6.07) is 14.7. The quantitative estimate of drug-likeness (QED) is 0.350. The van der Waals surface area contributed by atoms with Gasteiger partial charge in [0, 0.05) is 0 Å². The van der Waals surface area contributed by atoms with Gasteiger partial charge in [0.1, 0.15) is 6.10 Å². The SMILES string of the molecule is O=C(OC1CC2CC1C1C3C=CC(C3)C21)c1ccc2c(c1)Cc1ccccc1-2. The zero-order valence-corrected chi connectivity index (χ0v) is 15.9. The maximum absolute atomic E-state index is 13.0. The number of ether oxygens (including phenoxy) is 1. The molecule has 4 bridgehead atoms. The molecule has 0 amide bonds. The van der Waals surface area contributed by atoms with Crippen LogP contribution in [0.25, 0.3) is 11.1 Å². The third kappa shape index (κ3) is 1.96. The molecule has 28 heavy (non-hydrogen) atoms. The first kappa shape index (κ1) is 15.6. The highest BCUT2D eigenvalue weighted by Gasteiger charge is 2.61. The maximum atomic E-state index is 13.0. The van der Waals surface area contributed by atoms with Crippen LogP contribution in [-0.2, 0) is 11.2 Å². The Morgan fingerprint density at radius 3 is 2.61 bits per heavy atom. The number of allylic oxidation sites excluding steroid dienone is 2. The van der Waals surface area contributed by atoms with Crippen LogP contribution in [0.1, 0.15) is 40.7 Å². The molecule has 0 saturated heterocycles. The highest BCUT2D eigenvalue weighted by molar-refractivity contribution is 5.91. The van der Waals surface area contributed by atoms with Crippen LogP contribution in [0, 0.1) is 35.5 Å². The number of benzene rings is 2. The van der Waals surface area contributed by atoms with Gasteiger partial charge in [-0.05, 0) is 95.6 Å². The number of esters is 1. The van der Waals surface area contributed by atoms with Gasteiger partial charge in [0.25, 0.3) is 0 Å². The lowest BCUT2D eigenvalue weighted by molar-refractivity contribution is -0.00411. The van der Waals surface area contributed by atoms with Crippen molar-refractivity contribution in [2.24, 2.45) is 35.5 Å². The molecule has 140 valence electrons. The van der Waals surface area contributed by atoms with Gasteiger partial charge in [-0.1, -0.05) is 42.5 Å². The van der Waals surface area contributed by atoms with Crippen LogP contribution in [-0.4, -0.2) is 12.1 Å². The molecule has 7 atom stereocenters. The minimum absolute atomic E-state index is 0.119. The fraction of sp³-hybridized carbons (Fsp3) is 0.423. The summed E-state index contributed by atoms with van der Waals surface area (Å²) in [4.78, 5) is 13.0. The topological polar surface area (TPSA) is 26.3 Å². The standard InChI is InChI=1S/C26H24O2/c27-26(17-7-8-21-18(11-17)9-14-3-1-2-4-20(14)21)28-23-13-19-12-22(23)25-16-6-5-15(10-16)24(19)25/h1-8,11,15-16,19,22-25H,9-10,12-13H2. The van der Waals surface area contributed by atoms with E-state index in [1.54, 1.807) is 0 Å². The van der Waals surface area contributed by atoms with E-state index in [-0.39, 0.29) is 12.1 Å². The molecule has 2 aromatic carbocycles. The molecule has 0 radical (unpaired) electrons. The van der Waals surface area contributed by atoms with Crippen molar-refractivity contribution < 1.29 is 9.53 Å². The van der Waals surface area contributed by atoms with E-state index in [0.29, 0.717) is 5.92 Å². The van der Waals surface area contributed by atoms with E-state index in [1.807, 2.05) is 6.07 Å². The van der Waals surface area contributed by atoms with Gasteiger partial charge in [-0.15, -0.1) is 0 Å². The average Bonchev–Trinajstić information content (AvgIpc) is 3.50. The Balaban J connectivity index is 1.12. The number of carbonyl (C=O) groups is 1. The summed E-state index contributed by atoms with van der Waals surface area (Å²) in [5.74, 6) is 4.49. The largest absolute Gasteiger partial charge is 0.458 e. The van der Waals surface area contributed by atoms with Crippen LogP contribution in [0.5, 0.6) is 0 Å². The lowest BCUT2D eigenvalue weighted by atomic mass is 9.72. The Labute approximate surface area is 165 Å². The summed E-state index contributed by atoms with van der Waals surface area (Å²) in [5, 5.41) is 0. The number of hydrogen-bond donors (Lipinski definition) is 0.